The van der Waals surface area contributed by atoms with Crippen LogP contribution in [0.4, 0.5) is 13.6 Å². The summed E-state index contributed by atoms with van der Waals surface area (Å²) in [6.07, 6.45) is -0.637. The molecule has 0 spiro atoms. The van der Waals surface area contributed by atoms with Crippen LogP contribution >= 0.6 is 0 Å². The molecule has 1 aliphatic heterocycles. The quantitative estimate of drug-likeness (QED) is 0.787. The lowest BCUT2D eigenvalue weighted by atomic mass is 9.89. The molecular weight excluding hydrogens is 318 g/mol. The molecule has 1 saturated heterocycles. The Bertz CT molecular complexity index is 590. The summed E-state index contributed by atoms with van der Waals surface area (Å²) in [6, 6.07) is 2.80. The van der Waals surface area contributed by atoms with Crippen molar-refractivity contribution in [1.82, 2.24) is 10.6 Å². The highest BCUT2D eigenvalue weighted by Crippen LogP contribution is 2.30. The van der Waals surface area contributed by atoms with Crippen LogP contribution in [0.3, 0.4) is 0 Å². The van der Waals surface area contributed by atoms with E-state index in [1.54, 1.807) is 0 Å². The first-order valence-corrected chi connectivity index (χ1v) is 7.97. The molecule has 1 heterocycles. The van der Waals surface area contributed by atoms with Crippen molar-refractivity contribution >= 4 is 6.03 Å². The van der Waals surface area contributed by atoms with Crippen molar-refractivity contribution in [2.75, 3.05) is 13.2 Å². The largest absolute Gasteiger partial charge is 0.391 e. The topological polar surface area (TPSA) is 70.6 Å². The van der Waals surface area contributed by atoms with E-state index in [0.29, 0.717) is 18.6 Å². The van der Waals surface area contributed by atoms with Crippen LogP contribution in [0.1, 0.15) is 38.9 Å². The van der Waals surface area contributed by atoms with Gasteiger partial charge in [-0.05, 0) is 29.5 Å². The number of carbonyl (C=O) groups is 1. The fraction of sp³-hybridized carbons (Fsp3) is 0.588. The number of urea groups is 1. The Morgan fingerprint density at radius 3 is 2.71 bits per heavy atom. The third-order valence-corrected chi connectivity index (χ3v) is 4.14. The van der Waals surface area contributed by atoms with E-state index in [1.807, 2.05) is 20.8 Å². The fourth-order valence-corrected chi connectivity index (χ4v) is 2.47. The molecule has 0 radical (unpaired) electrons. The van der Waals surface area contributed by atoms with E-state index in [2.05, 4.69) is 10.6 Å². The van der Waals surface area contributed by atoms with Gasteiger partial charge in [0.25, 0.3) is 0 Å². The van der Waals surface area contributed by atoms with Crippen LogP contribution in [0.2, 0.25) is 0 Å². The number of amides is 2. The molecule has 3 unspecified atom stereocenters. The van der Waals surface area contributed by atoms with E-state index >= 15 is 0 Å². The van der Waals surface area contributed by atoms with Gasteiger partial charge in [0.05, 0.1) is 12.1 Å². The first-order valence-electron chi connectivity index (χ1n) is 7.97. The van der Waals surface area contributed by atoms with Gasteiger partial charge in [0, 0.05) is 13.2 Å². The first-order chi connectivity index (χ1) is 11.2. The van der Waals surface area contributed by atoms with Crippen molar-refractivity contribution in [3.8, 4) is 0 Å². The SMILES string of the molecule is CC(C)(C)C(O)CNC(=O)NC1CCOC1c1ccc(F)c(F)c1. The zero-order valence-electron chi connectivity index (χ0n) is 14.1. The molecule has 134 valence electrons. The van der Waals surface area contributed by atoms with Crippen LogP contribution in [-0.2, 0) is 4.74 Å². The summed E-state index contributed by atoms with van der Waals surface area (Å²) in [4.78, 5) is 12.0. The fourth-order valence-electron chi connectivity index (χ4n) is 2.47. The first kappa shape index (κ1) is 18.6. The number of aliphatic hydroxyl groups excluding tert-OH is 1. The van der Waals surface area contributed by atoms with Gasteiger partial charge >= 0.3 is 6.03 Å². The van der Waals surface area contributed by atoms with Crippen LogP contribution in [0.25, 0.3) is 0 Å². The lowest BCUT2D eigenvalue weighted by Crippen LogP contribution is -2.47. The van der Waals surface area contributed by atoms with Crippen LogP contribution in [0, 0.1) is 17.0 Å². The second-order valence-corrected chi connectivity index (χ2v) is 7.10. The summed E-state index contributed by atoms with van der Waals surface area (Å²) in [6.45, 7) is 6.17. The Labute approximate surface area is 140 Å². The monoisotopic (exact) mass is 342 g/mol. The van der Waals surface area contributed by atoms with Crippen LogP contribution in [0.5, 0.6) is 0 Å². The van der Waals surface area contributed by atoms with Gasteiger partial charge in [0.15, 0.2) is 11.6 Å². The van der Waals surface area contributed by atoms with E-state index in [9.17, 15) is 18.7 Å². The summed E-state index contributed by atoms with van der Waals surface area (Å²) in [5.74, 6) is -1.87. The van der Waals surface area contributed by atoms with Crippen LogP contribution in [-0.4, -0.2) is 36.4 Å². The molecule has 24 heavy (non-hydrogen) atoms. The molecular formula is C17H24F2N2O3. The predicted molar refractivity (Wildman–Crippen MR) is 85.5 cm³/mol. The number of hydrogen-bond donors (Lipinski definition) is 3. The van der Waals surface area contributed by atoms with Crippen molar-refractivity contribution in [2.24, 2.45) is 5.41 Å². The van der Waals surface area contributed by atoms with Gasteiger partial charge in [-0.3, -0.25) is 0 Å². The number of carbonyl (C=O) groups excluding carboxylic acids is 1. The number of nitrogens with one attached hydrogen (secondary N) is 2. The van der Waals surface area contributed by atoms with Crippen molar-refractivity contribution in [1.29, 1.82) is 0 Å². The minimum atomic E-state index is -0.945. The van der Waals surface area contributed by atoms with E-state index < -0.39 is 29.9 Å². The van der Waals surface area contributed by atoms with Crippen molar-refractivity contribution < 1.29 is 23.4 Å². The zero-order valence-corrected chi connectivity index (χ0v) is 14.1. The number of ether oxygens (including phenoxy) is 1. The minimum Gasteiger partial charge on any atom is -0.391 e. The number of aliphatic hydroxyl groups is 1. The molecule has 0 bridgehead atoms. The Balaban J connectivity index is 1.93. The average Bonchev–Trinajstić information content (AvgIpc) is 2.94. The van der Waals surface area contributed by atoms with E-state index in [1.165, 1.54) is 6.07 Å². The number of halogens is 2. The van der Waals surface area contributed by atoms with Gasteiger partial charge in [-0.1, -0.05) is 26.8 Å². The van der Waals surface area contributed by atoms with Crippen LogP contribution in [0.15, 0.2) is 18.2 Å². The zero-order chi connectivity index (χ0) is 17.9. The molecule has 0 aliphatic carbocycles. The lowest BCUT2D eigenvalue weighted by molar-refractivity contribution is 0.0644. The lowest BCUT2D eigenvalue weighted by Gasteiger charge is -2.26. The minimum absolute atomic E-state index is 0.124. The normalized spacial score (nSPS) is 22.2. The maximum absolute atomic E-state index is 13.4. The summed E-state index contributed by atoms with van der Waals surface area (Å²) in [7, 11) is 0. The maximum atomic E-state index is 13.4. The van der Waals surface area contributed by atoms with E-state index in [0.717, 1.165) is 12.1 Å². The number of benzene rings is 1. The molecule has 3 atom stereocenters. The van der Waals surface area contributed by atoms with Gasteiger partial charge in [0.1, 0.15) is 6.10 Å². The Kier molecular flexibility index (Phi) is 5.77. The summed E-state index contributed by atoms with van der Waals surface area (Å²) in [5.41, 5.74) is 0.143. The number of rotatable bonds is 4. The smallest absolute Gasteiger partial charge is 0.315 e. The third kappa shape index (κ3) is 4.64. The summed E-state index contributed by atoms with van der Waals surface area (Å²) >= 11 is 0. The molecule has 5 nitrogen and oxygen atoms in total. The van der Waals surface area contributed by atoms with Crippen molar-refractivity contribution in [3.05, 3.63) is 35.4 Å². The third-order valence-electron chi connectivity index (χ3n) is 4.14. The molecule has 0 saturated carbocycles. The Morgan fingerprint density at radius 1 is 1.38 bits per heavy atom. The number of hydrogen-bond acceptors (Lipinski definition) is 3. The average molecular weight is 342 g/mol. The van der Waals surface area contributed by atoms with Gasteiger partial charge in [0.2, 0.25) is 0 Å². The predicted octanol–water partition coefficient (Wildman–Crippen LogP) is 2.50. The molecule has 2 amide bonds. The standard InChI is InChI=1S/C17H24F2N2O3/c1-17(2,3)14(22)9-20-16(23)21-13-6-7-24-15(13)10-4-5-11(18)12(19)8-10/h4-5,8,13-15,22H,6-7,9H2,1-3H3,(H2,20,21,23). The molecule has 3 N–H and O–H groups in total. The van der Waals surface area contributed by atoms with Gasteiger partial charge in [-0.25, -0.2) is 13.6 Å². The highest BCUT2D eigenvalue weighted by Gasteiger charge is 2.32. The maximum Gasteiger partial charge on any atom is 0.315 e. The highest BCUT2D eigenvalue weighted by atomic mass is 19.2. The molecule has 2 rings (SSSR count). The molecule has 1 aromatic rings. The Hall–Kier alpha value is -1.73. The van der Waals surface area contributed by atoms with E-state index in [4.69, 9.17) is 4.74 Å². The molecule has 7 heteroatoms. The molecule has 1 fully saturated rings. The van der Waals surface area contributed by atoms with Gasteiger partial charge < -0.3 is 20.5 Å². The Morgan fingerprint density at radius 2 is 2.08 bits per heavy atom. The molecule has 0 aromatic heterocycles. The van der Waals surface area contributed by atoms with Gasteiger partial charge in [-0.15, -0.1) is 0 Å². The van der Waals surface area contributed by atoms with Crippen molar-refractivity contribution in [2.45, 2.75) is 45.4 Å². The molecule has 1 aromatic carbocycles. The van der Waals surface area contributed by atoms with Gasteiger partial charge in [-0.2, -0.15) is 0 Å². The highest BCUT2D eigenvalue weighted by molar-refractivity contribution is 5.74. The summed E-state index contributed by atoms with van der Waals surface area (Å²) < 4.78 is 32.0. The molecule has 1 aliphatic rings. The second-order valence-electron chi connectivity index (χ2n) is 7.10. The van der Waals surface area contributed by atoms with Crippen LogP contribution < -0.4 is 10.6 Å². The van der Waals surface area contributed by atoms with E-state index in [-0.39, 0.29) is 18.0 Å². The second kappa shape index (κ2) is 7.44. The van der Waals surface area contributed by atoms with Crippen molar-refractivity contribution in [3.63, 3.8) is 0 Å². The summed E-state index contributed by atoms with van der Waals surface area (Å²) in [5, 5.41) is 15.3.